The molecule has 0 spiro atoms. The average molecular weight is 314 g/mol. The van der Waals surface area contributed by atoms with Crippen molar-refractivity contribution in [2.45, 2.75) is 32.6 Å². The molecule has 0 bridgehead atoms. The molecule has 2 heterocycles. The van der Waals surface area contributed by atoms with Gasteiger partial charge in [0.15, 0.2) is 0 Å². The van der Waals surface area contributed by atoms with Crippen LogP contribution in [0.4, 0.5) is 11.5 Å². The second kappa shape index (κ2) is 7.51. The molecular formula is C13H20ClN5O2. The summed E-state index contributed by atoms with van der Waals surface area (Å²) in [5.41, 5.74) is 0.174. The van der Waals surface area contributed by atoms with E-state index in [0.717, 1.165) is 19.6 Å². The number of anilines is 1. The number of rotatable bonds is 5. The highest BCUT2D eigenvalue weighted by Gasteiger charge is 2.21. The van der Waals surface area contributed by atoms with Gasteiger partial charge >= 0.3 is 5.69 Å². The zero-order chi connectivity index (χ0) is 15.2. The highest BCUT2D eigenvalue weighted by molar-refractivity contribution is 6.28. The van der Waals surface area contributed by atoms with Crippen molar-refractivity contribution in [1.29, 1.82) is 0 Å². The molecule has 1 aromatic rings. The van der Waals surface area contributed by atoms with E-state index in [4.69, 9.17) is 11.6 Å². The molecule has 2 rings (SSSR count). The van der Waals surface area contributed by atoms with Gasteiger partial charge in [-0.25, -0.2) is 4.98 Å². The van der Waals surface area contributed by atoms with Gasteiger partial charge in [0.25, 0.3) is 0 Å². The smallest absolute Gasteiger partial charge is 0.332 e. The minimum atomic E-state index is -0.472. The molecule has 0 aliphatic carbocycles. The second-order valence-corrected chi connectivity index (χ2v) is 5.55. The van der Waals surface area contributed by atoms with Crippen molar-refractivity contribution in [3.8, 4) is 0 Å². The van der Waals surface area contributed by atoms with Gasteiger partial charge in [-0.15, -0.1) is 0 Å². The summed E-state index contributed by atoms with van der Waals surface area (Å²) in [5.74, 6) is 0.201. The van der Waals surface area contributed by atoms with Crippen LogP contribution in [0.25, 0.3) is 0 Å². The largest absolute Gasteiger partial charge is 0.363 e. The number of likely N-dealkylation sites (tertiary alicyclic amines) is 1. The predicted molar refractivity (Wildman–Crippen MR) is 81.8 cm³/mol. The number of nitro groups is 1. The number of halogens is 1. The van der Waals surface area contributed by atoms with Gasteiger partial charge in [-0.1, -0.05) is 12.8 Å². The second-order valence-electron chi connectivity index (χ2n) is 5.22. The van der Waals surface area contributed by atoms with Gasteiger partial charge in [-0.3, -0.25) is 10.1 Å². The molecule has 1 N–H and O–H groups in total. The Hall–Kier alpha value is -1.47. The molecule has 1 aromatic heterocycles. The summed E-state index contributed by atoms with van der Waals surface area (Å²) in [6, 6.07) is 0. The fourth-order valence-electron chi connectivity index (χ4n) is 2.57. The Kier molecular flexibility index (Phi) is 5.69. The highest BCUT2D eigenvalue weighted by atomic mass is 35.5. The number of hydrogen-bond donors (Lipinski definition) is 1. The van der Waals surface area contributed by atoms with E-state index in [9.17, 15) is 10.1 Å². The molecule has 1 saturated heterocycles. The van der Waals surface area contributed by atoms with Crippen LogP contribution in [0.2, 0.25) is 5.28 Å². The first-order valence-corrected chi connectivity index (χ1v) is 7.60. The third-order valence-corrected chi connectivity index (χ3v) is 3.80. The number of hydrogen-bond acceptors (Lipinski definition) is 6. The monoisotopic (exact) mass is 313 g/mol. The van der Waals surface area contributed by atoms with Crippen LogP contribution in [0, 0.1) is 17.0 Å². The Bertz CT molecular complexity index is 504. The molecule has 0 saturated carbocycles. The summed E-state index contributed by atoms with van der Waals surface area (Å²) in [5, 5.41) is 14.1. The zero-order valence-corrected chi connectivity index (χ0v) is 12.9. The van der Waals surface area contributed by atoms with Crippen molar-refractivity contribution in [2.75, 3.05) is 31.5 Å². The van der Waals surface area contributed by atoms with Gasteiger partial charge in [0, 0.05) is 13.1 Å². The Balaban J connectivity index is 1.97. The summed E-state index contributed by atoms with van der Waals surface area (Å²) < 4.78 is 0. The van der Waals surface area contributed by atoms with Gasteiger partial charge in [-0.2, -0.15) is 4.98 Å². The van der Waals surface area contributed by atoms with Crippen LogP contribution < -0.4 is 5.32 Å². The zero-order valence-electron chi connectivity index (χ0n) is 12.1. The SMILES string of the molecule is Cc1nc(Cl)nc(NCCN2CCCCCC2)c1[N+](=O)[O-]. The first kappa shape index (κ1) is 15.9. The average Bonchev–Trinajstić information content (AvgIpc) is 2.66. The van der Waals surface area contributed by atoms with Gasteiger partial charge in [0.1, 0.15) is 5.69 Å². The lowest BCUT2D eigenvalue weighted by molar-refractivity contribution is -0.385. The quantitative estimate of drug-likeness (QED) is 0.511. The van der Waals surface area contributed by atoms with E-state index in [1.165, 1.54) is 25.7 Å². The maximum absolute atomic E-state index is 11.1. The van der Waals surface area contributed by atoms with Crippen molar-refractivity contribution >= 4 is 23.1 Å². The maximum atomic E-state index is 11.1. The lowest BCUT2D eigenvalue weighted by Gasteiger charge is -2.19. The lowest BCUT2D eigenvalue weighted by Crippen LogP contribution is -2.30. The van der Waals surface area contributed by atoms with Crippen molar-refractivity contribution in [3.63, 3.8) is 0 Å². The minimum Gasteiger partial charge on any atom is -0.363 e. The molecule has 0 aromatic carbocycles. The molecule has 1 aliphatic rings. The Morgan fingerprint density at radius 1 is 1.29 bits per heavy atom. The van der Waals surface area contributed by atoms with E-state index < -0.39 is 4.92 Å². The fourth-order valence-corrected chi connectivity index (χ4v) is 2.78. The van der Waals surface area contributed by atoms with Crippen LogP contribution in [0.3, 0.4) is 0 Å². The Labute approximate surface area is 128 Å². The first-order chi connectivity index (χ1) is 10.1. The molecule has 0 amide bonds. The summed E-state index contributed by atoms with van der Waals surface area (Å²) in [6.45, 7) is 5.19. The normalized spacial score (nSPS) is 16.5. The van der Waals surface area contributed by atoms with E-state index in [1.54, 1.807) is 6.92 Å². The predicted octanol–water partition coefficient (Wildman–Crippen LogP) is 2.63. The summed E-state index contributed by atoms with van der Waals surface area (Å²) in [4.78, 5) is 20.8. The number of aromatic nitrogens is 2. The molecule has 21 heavy (non-hydrogen) atoms. The summed E-state index contributed by atoms with van der Waals surface area (Å²) >= 11 is 5.78. The van der Waals surface area contributed by atoms with Gasteiger partial charge in [-0.05, 0) is 44.5 Å². The standard InChI is InChI=1S/C13H20ClN5O2/c1-10-11(19(20)21)12(17-13(14)16-10)15-6-9-18-7-4-2-3-5-8-18/h2-9H2,1H3,(H,15,16,17). The molecule has 1 aliphatic heterocycles. The third-order valence-electron chi connectivity index (χ3n) is 3.63. The van der Waals surface area contributed by atoms with Gasteiger partial charge in [0.05, 0.1) is 4.92 Å². The molecule has 0 unspecified atom stereocenters. The van der Waals surface area contributed by atoms with Gasteiger partial charge < -0.3 is 10.2 Å². The molecule has 8 heteroatoms. The molecular weight excluding hydrogens is 294 g/mol. The van der Waals surface area contributed by atoms with Crippen molar-refractivity contribution < 1.29 is 4.92 Å². The van der Waals surface area contributed by atoms with E-state index in [2.05, 4.69) is 20.2 Å². The number of nitrogens with one attached hydrogen (secondary N) is 1. The molecule has 0 atom stereocenters. The van der Waals surface area contributed by atoms with Crippen molar-refractivity contribution in [3.05, 3.63) is 21.1 Å². The van der Waals surface area contributed by atoms with Gasteiger partial charge in [0.2, 0.25) is 11.1 Å². The molecule has 7 nitrogen and oxygen atoms in total. The van der Waals surface area contributed by atoms with Crippen molar-refractivity contribution in [1.82, 2.24) is 14.9 Å². The van der Waals surface area contributed by atoms with Crippen LogP contribution >= 0.6 is 11.6 Å². The first-order valence-electron chi connectivity index (χ1n) is 7.22. The summed E-state index contributed by atoms with van der Waals surface area (Å²) in [6.07, 6.45) is 5.02. The molecule has 0 radical (unpaired) electrons. The summed E-state index contributed by atoms with van der Waals surface area (Å²) in [7, 11) is 0. The third kappa shape index (κ3) is 4.50. The molecule has 116 valence electrons. The maximum Gasteiger partial charge on any atom is 0.332 e. The van der Waals surface area contributed by atoms with E-state index in [-0.39, 0.29) is 22.5 Å². The topological polar surface area (TPSA) is 84.2 Å². The van der Waals surface area contributed by atoms with Crippen molar-refractivity contribution in [2.24, 2.45) is 0 Å². The Morgan fingerprint density at radius 3 is 2.57 bits per heavy atom. The Morgan fingerprint density at radius 2 is 1.95 bits per heavy atom. The number of aryl methyl sites for hydroxylation is 1. The van der Waals surface area contributed by atoms with Crippen LogP contribution in [-0.2, 0) is 0 Å². The minimum absolute atomic E-state index is 0.0235. The van der Waals surface area contributed by atoms with Crippen LogP contribution in [-0.4, -0.2) is 46.0 Å². The highest BCUT2D eigenvalue weighted by Crippen LogP contribution is 2.26. The van der Waals surface area contributed by atoms with E-state index in [1.807, 2.05) is 0 Å². The van der Waals surface area contributed by atoms with Crippen LogP contribution in [0.5, 0.6) is 0 Å². The van der Waals surface area contributed by atoms with Crippen LogP contribution in [0.15, 0.2) is 0 Å². The van der Waals surface area contributed by atoms with Crippen LogP contribution in [0.1, 0.15) is 31.4 Å². The van der Waals surface area contributed by atoms with E-state index in [0.29, 0.717) is 6.54 Å². The molecule has 1 fully saturated rings. The fraction of sp³-hybridized carbons (Fsp3) is 0.692. The van der Waals surface area contributed by atoms with E-state index >= 15 is 0 Å². The number of nitrogens with zero attached hydrogens (tertiary/aromatic N) is 4. The lowest BCUT2D eigenvalue weighted by atomic mass is 10.2.